The van der Waals surface area contributed by atoms with Crippen LogP contribution in [0.1, 0.15) is 54.6 Å². The molecule has 222 valence electrons. The molecular formula is C32H47N7O2. The van der Waals surface area contributed by atoms with Gasteiger partial charge in [0.1, 0.15) is 5.82 Å². The Morgan fingerprint density at radius 1 is 1.07 bits per heavy atom. The van der Waals surface area contributed by atoms with Gasteiger partial charge in [-0.1, -0.05) is 32.6 Å². The van der Waals surface area contributed by atoms with Crippen molar-refractivity contribution in [2.45, 2.75) is 53.5 Å². The van der Waals surface area contributed by atoms with E-state index in [2.05, 4.69) is 66.1 Å². The summed E-state index contributed by atoms with van der Waals surface area (Å²) >= 11 is 0. The highest BCUT2D eigenvalue weighted by atomic mass is 16.5. The number of hydrogen-bond donors (Lipinski definition) is 0. The first-order chi connectivity index (χ1) is 19.9. The third-order valence-corrected chi connectivity index (χ3v) is 8.14. The number of nitrogens with zero attached hydrogens (tertiary/aromatic N) is 7. The molecule has 0 spiro atoms. The quantitative estimate of drug-likeness (QED) is 0.220. The maximum atomic E-state index is 12.2. The summed E-state index contributed by atoms with van der Waals surface area (Å²) in [7, 11) is 1.82. The molecule has 4 rings (SSSR count). The number of carbonyl (C=O) groups is 1. The van der Waals surface area contributed by atoms with Gasteiger partial charge >= 0.3 is 6.01 Å². The minimum atomic E-state index is -0.0156. The number of ether oxygens (including phenoxy) is 1. The largest absolute Gasteiger partial charge is 0.463 e. The van der Waals surface area contributed by atoms with Crippen molar-refractivity contribution in [3.05, 3.63) is 52.7 Å². The summed E-state index contributed by atoms with van der Waals surface area (Å²) in [6.45, 7) is 20.4. The zero-order valence-corrected chi connectivity index (χ0v) is 25.7. The lowest BCUT2D eigenvalue weighted by Gasteiger charge is -2.38. The maximum absolute atomic E-state index is 12.2. The predicted molar refractivity (Wildman–Crippen MR) is 168 cm³/mol. The van der Waals surface area contributed by atoms with Crippen LogP contribution in [0.4, 0.5) is 11.5 Å². The first-order valence-corrected chi connectivity index (χ1v) is 15.1. The molecule has 1 fully saturated rings. The standard InChI is InChI=1S/C32H47N7O2/c1-7-14-36(9-3)15-10-21-41-32-34-28-23-39(30-25(5)12-11-24(4)27(30)22-33-6)16-13-26(28)31(35-32)38-19-17-37(18-20-38)29(40)8-2/h8,11-12,22H,2,7,9-10,13-21,23H2,1,3-6H3. The Morgan fingerprint density at radius 3 is 2.51 bits per heavy atom. The van der Waals surface area contributed by atoms with Gasteiger partial charge in [-0.2, -0.15) is 9.97 Å². The second-order valence-electron chi connectivity index (χ2n) is 10.9. The third-order valence-electron chi connectivity index (χ3n) is 8.14. The second-order valence-corrected chi connectivity index (χ2v) is 10.9. The Kier molecular flexibility index (Phi) is 10.7. The van der Waals surface area contributed by atoms with Gasteiger partial charge in [-0.3, -0.25) is 9.79 Å². The van der Waals surface area contributed by atoms with E-state index in [1.165, 1.54) is 28.5 Å². The molecule has 9 nitrogen and oxygen atoms in total. The number of aryl methyl sites for hydroxylation is 2. The number of fused-ring (bicyclic) bond motifs is 1. The summed E-state index contributed by atoms with van der Waals surface area (Å²) < 4.78 is 6.21. The number of piperazine rings is 1. The van der Waals surface area contributed by atoms with Gasteiger partial charge in [0.2, 0.25) is 5.91 Å². The highest BCUT2D eigenvalue weighted by Gasteiger charge is 2.29. The molecule has 3 heterocycles. The number of aromatic nitrogens is 2. The number of hydrogen-bond acceptors (Lipinski definition) is 8. The molecule has 9 heteroatoms. The Hall–Kier alpha value is -3.46. The summed E-state index contributed by atoms with van der Waals surface area (Å²) in [6, 6.07) is 4.80. The van der Waals surface area contributed by atoms with Gasteiger partial charge in [0.05, 0.1) is 18.8 Å². The minimum absolute atomic E-state index is 0.0156. The SMILES string of the molecule is C=CC(=O)N1CCN(c2nc(OCCCN(CC)CCC)nc3c2CCN(c2c(C)ccc(C)c2C=NC)C3)CC1. The molecule has 0 N–H and O–H groups in total. The lowest BCUT2D eigenvalue weighted by molar-refractivity contribution is -0.126. The molecule has 41 heavy (non-hydrogen) atoms. The molecule has 2 aliphatic heterocycles. The topological polar surface area (TPSA) is 77.4 Å². The molecule has 0 radical (unpaired) electrons. The van der Waals surface area contributed by atoms with Crippen LogP contribution in [0.3, 0.4) is 0 Å². The number of amides is 1. The van der Waals surface area contributed by atoms with Gasteiger partial charge in [0.25, 0.3) is 0 Å². The van der Waals surface area contributed by atoms with Gasteiger partial charge in [-0.05, 0) is 63.4 Å². The fraction of sp³-hybridized carbons (Fsp3) is 0.562. The van der Waals surface area contributed by atoms with Crippen molar-refractivity contribution in [2.75, 3.05) is 75.8 Å². The van der Waals surface area contributed by atoms with Crippen LogP contribution in [0.25, 0.3) is 0 Å². The van der Waals surface area contributed by atoms with Crippen LogP contribution in [-0.2, 0) is 17.8 Å². The van der Waals surface area contributed by atoms with Crippen molar-refractivity contribution in [3.63, 3.8) is 0 Å². The molecule has 1 saturated heterocycles. The highest BCUT2D eigenvalue weighted by molar-refractivity contribution is 5.91. The van der Waals surface area contributed by atoms with E-state index < -0.39 is 0 Å². The molecule has 0 aliphatic carbocycles. The predicted octanol–water partition coefficient (Wildman–Crippen LogP) is 4.04. The number of carbonyl (C=O) groups excluding carboxylic acids is 1. The van der Waals surface area contributed by atoms with Gasteiger partial charge in [-0.15, -0.1) is 0 Å². The van der Waals surface area contributed by atoms with E-state index in [9.17, 15) is 4.79 Å². The molecule has 2 aromatic rings. The van der Waals surface area contributed by atoms with Crippen molar-refractivity contribution in [2.24, 2.45) is 4.99 Å². The van der Waals surface area contributed by atoms with Crippen LogP contribution in [0.5, 0.6) is 6.01 Å². The highest BCUT2D eigenvalue weighted by Crippen LogP contribution is 2.34. The number of anilines is 2. The molecule has 0 saturated carbocycles. The van der Waals surface area contributed by atoms with Gasteiger partial charge in [0, 0.05) is 69.3 Å². The Balaban J connectivity index is 1.60. The first kappa shape index (κ1) is 30.5. The van der Waals surface area contributed by atoms with Gasteiger partial charge in [0.15, 0.2) is 0 Å². The molecule has 1 amide bonds. The van der Waals surface area contributed by atoms with E-state index in [1.54, 1.807) is 0 Å². The summed E-state index contributed by atoms with van der Waals surface area (Å²) in [5.41, 5.74) is 7.03. The zero-order chi connectivity index (χ0) is 29.4. The molecule has 2 aliphatic rings. The second kappa shape index (κ2) is 14.4. The van der Waals surface area contributed by atoms with E-state index in [1.807, 2.05) is 18.2 Å². The Bertz CT molecular complexity index is 1240. The lowest BCUT2D eigenvalue weighted by Crippen LogP contribution is -2.49. The van der Waals surface area contributed by atoms with E-state index in [0.717, 1.165) is 75.6 Å². The first-order valence-electron chi connectivity index (χ1n) is 15.1. The van der Waals surface area contributed by atoms with E-state index in [-0.39, 0.29) is 5.91 Å². The molecule has 0 unspecified atom stereocenters. The van der Waals surface area contributed by atoms with E-state index in [4.69, 9.17) is 14.7 Å². The molecule has 0 atom stereocenters. The summed E-state index contributed by atoms with van der Waals surface area (Å²) in [5, 5.41) is 0. The number of rotatable bonds is 12. The van der Waals surface area contributed by atoms with E-state index >= 15 is 0 Å². The van der Waals surface area contributed by atoms with Crippen molar-refractivity contribution in [3.8, 4) is 6.01 Å². The van der Waals surface area contributed by atoms with Crippen LogP contribution in [0, 0.1) is 13.8 Å². The Labute approximate surface area is 245 Å². The fourth-order valence-corrected chi connectivity index (χ4v) is 5.90. The average Bonchev–Trinajstić information content (AvgIpc) is 2.99. The van der Waals surface area contributed by atoms with Crippen molar-refractivity contribution >= 4 is 23.6 Å². The molecule has 0 bridgehead atoms. The number of aliphatic imine (C=N–C) groups is 1. The van der Waals surface area contributed by atoms with Crippen LogP contribution in [0.15, 0.2) is 29.8 Å². The van der Waals surface area contributed by atoms with Gasteiger partial charge in [-0.25, -0.2) is 0 Å². The molecule has 1 aromatic carbocycles. The van der Waals surface area contributed by atoms with Crippen LogP contribution < -0.4 is 14.5 Å². The third kappa shape index (κ3) is 7.25. The molecular weight excluding hydrogens is 514 g/mol. The molecule has 1 aromatic heterocycles. The van der Waals surface area contributed by atoms with Crippen LogP contribution in [0.2, 0.25) is 0 Å². The smallest absolute Gasteiger partial charge is 0.318 e. The van der Waals surface area contributed by atoms with Gasteiger partial charge < -0.3 is 24.3 Å². The van der Waals surface area contributed by atoms with Crippen LogP contribution >= 0.6 is 0 Å². The number of benzene rings is 1. The van der Waals surface area contributed by atoms with Crippen molar-refractivity contribution in [1.82, 2.24) is 19.8 Å². The van der Waals surface area contributed by atoms with Crippen LogP contribution in [-0.4, -0.2) is 97.9 Å². The summed E-state index contributed by atoms with van der Waals surface area (Å²) in [6.07, 6.45) is 6.29. The van der Waals surface area contributed by atoms with Crippen molar-refractivity contribution < 1.29 is 9.53 Å². The lowest BCUT2D eigenvalue weighted by atomic mass is 9.98. The summed E-state index contributed by atoms with van der Waals surface area (Å²) in [5.74, 6) is 0.936. The summed E-state index contributed by atoms with van der Waals surface area (Å²) in [4.78, 5) is 35.5. The monoisotopic (exact) mass is 561 g/mol. The minimum Gasteiger partial charge on any atom is -0.463 e. The fourth-order valence-electron chi connectivity index (χ4n) is 5.90. The normalized spacial score (nSPS) is 15.5. The van der Waals surface area contributed by atoms with Crippen molar-refractivity contribution in [1.29, 1.82) is 0 Å². The average molecular weight is 562 g/mol. The maximum Gasteiger partial charge on any atom is 0.318 e. The zero-order valence-electron chi connectivity index (χ0n) is 25.7. The van der Waals surface area contributed by atoms with E-state index in [0.29, 0.717) is 32.3 Å². The Morgan fingerprint density at radius 2 is 1.83 bits per heavy atom.